The fraction of sp³-hybridized carbons (Fsp3) is 0.545. The summed E-state index contributed by atoms with van der Waals surface area (Å²) in [7, 11) is 0. The summed E-state index contributed by atoms with van der Waals surface area (Å²) in [5, 5.41) is 18.2. The average Bonchev–Trinajstić information content (AvgIpc) is 2.15. The van der Waals surface area contributed by atoms with Crippen LogP contribution in [0.15, 0.2) is 11.6 Å². The van der Waals surface area contributed by atoms with E-state index in [1.807, 2.05) is 0 Å². The zero-order valence-electron chi connectivity index (χ0n) is 9.69. The van der Waals surface area contributed by atoms with Crippen molar-refractivity contribution in [3.63, 3.8) is 0 Å². The maximum atomic E-state index is 11.3. The van der Waals surface area contributed by atoms with E-state index in [4.69, 9.17) is 15.9 Å². The number of carbonyl (C=O) groups excluding carboxylic acids is 1. The molecule has 0 aliphatic heterocycles. The fourth-order valence-corrected chi connectivity index (χ4v) is 2.06. The second kappa shape index (κ2) is 3.96. The van der Waals surface area contributed by atoms with Gasteiger partial charge in [0.2, 0.25) is 0 Å². The number of rotatable bonds is 3. The number of Topliss-reactive ketones (excluding diaryl/α,β-unsaturated/α-hetero) is 1. The van der Waals surface area contributed by atoms with Crippen molar-refractivity contribution in [1.82, 2.24) is 0 Å². The first-order valence-corrected chi connectivity index (χ1v) is 5.09. The highest BCUT2D eigenvalue weighted by atomic mass is 16.4. The van der Waals surface area contributed by atoms with Crippen LogP contribution in [0.1, 0.15) is 26.7 Å². The molecular formula is C11H15NO5. The second-order valence-electron chi connectivity index (χ2n) is 4.76. The minimum atomic E-state index is -1.71. The molecule has 4 N–H and O–H groups in total. The molecule has 0 aromatic carbocycles. The molecule has 2 atom stereocenters. The summed E-state index contributed by atoms with van der Waals surface area (Å²) in [5.41, 5.74) is 2.72. The van der Waals surface area contributed by atoms with Crippen molar-refractivity contribution in [2.45, 2.75) is 32.2 Å². The Morgan fingerprint density at radius 3 is 2.18 bits per heavy atom. The van der Waals surface area contributed by atoms with E-state index in [1.54, 1.807) is 0 Å². The van der Waals surface area contributed by atoms with Crippen molar-refractivity contribution in [3.05, 3.63) is 11.6 Å². The molecule has 0 saturated carbocycles. The summed E-state index contributed by atoms with van der Waals surface area (Å²) in [4.78, 5) is 33.6. The third-order valence-electron chi connectivity index (χ3n) is 3.05. The van der Waals surface area contributed by atoms with Gasteiger partial charge < -0.3 is 15.9 Å². The molecule has 0 saturated heterocycles. The molecule has 0 aromatic heterocycles. The number of carbonyl (C=O) groups is 3. The van der Waals surface area contributed by atoms with Gasteiger partial charge in [0.1, 0.15) is 5.54 Å². The first-order valence-electron chi connectivity index (χ1n) is 5.09. The highest BCUT2D eigenvalue weighted by Gasteiger charge is 2.49. The monoisotopic (exact) mass is 241 g/mol. The lowest BCUT2D eigenvalue weighted by Gasteiger charge is -2.37. The zero-order valence-corrected chi connectivity index (χ0v) is 9.69. The summed E-state index contributed by atoms with van der Waals surface area (Å²) < 4.78 is 0. The molecular weight excluding hydrogens is 226 g/mol. The Morgan fingerprint density at radius 1 is 1.29 bits per heavy atom. The van der Waals surface area contributed by atoms with Crippen molar-refractivity contribution in [1.29, 1.82) is 0 Å². The number of aliphatic carboxylic acids is 2. The van der Waals surface area contributed by atoms with Gasteiger partial charge in [-0.1, -0.05) is 6.08 Å². The predicted molar refractivity (Wildman–Crippen MR) is 58.3 cm³/mol. The number of carboxylic acids is 2. The Hall–Kier alpha value is -1.69. The van der Waals surface area contributed by atoms with Crippen LogP contribution in [0.25, 0.3) is 0 Å². The standard InChI is InChI=1S/C11H15NO5/c1-6(13)7-3-10(2,8(14)15)5-11(12,4-7)9(16)17/h3H,4-5,12H2,1-2H3,(H,14,15)(H,16,17)/t10-,11?/m1/s1. The maximum absolute atomic E-state index is 11.3. The van der Waals surface area contributed by atoms with Gasteiger partial charge in [-0.05, 0) is 25.8 Å². The molecule has 1 aliphatic carbocycles. The molecule has 0 spiro atoms. The van der Waals surface area contributed by atoms with Crippen LogP contribution < -0.4 is 5.73 Å². The molecule has 94 valence electrons. The van der Waals surface area contributed by atoms with E-state index in [0.717, 1.165) is 0 Å². The van der Waals surface area contributed by atoms with Crippen LogP contribution in [0.5, 0.6) is 0 Å². The van der Waals surface area contributed by atoms with Crippen molar-refractivity contribution in [2.75, 3.05) is 0 Å². The van der Waals surface area contributed by atoms with E-state index < -0.39 is 22.9 Å². The molecule has 0 heterocycles. The molecule has 1 aliphatic rings. The summed E-state index contributed by atoms with van der Waals surface area (Å²) in [6, 6.07) is 0. The summed E-state index contributed by atoms with van der Waals surface area (Å²) >= 11 is 0. The highest BCUT2D eigenvalue weighted by molar-refractivity contribution is 5.97. The Kier molecular flexibility index (Phi) is 3.11. The molecule has 17 heavy (non-hydrogen) atoms. The van der Waals surface area contributed by atoms with Gasteiger partial charge in [0.15, 0.2) is 5.78 Å². The highest BCUT2D eigenvalue weighted by Crippen LogP contribution is 2.39. The fourth-order valence-electron chi connectivity index (χ4n) is 2.06. The third-order valence-corrected chi connectivity index (χ3v) is 3.05. The number of carboxylic acid groups (broad SMARTS) is 2. The topological polar surface area (TPSA) is 118 Å². The van der Waals surface area contributed by atoms with Crippen molar-refractivity contribution < 1.29 is 24.6 Å². The van der Waals surface area contributed by atoms with Crippen LogP contribution in [0.3, 0.4) is 0 Å². The largest absolute Gasteiger partial charge is 0.481 e. The number of nitrogens with two attached hydrogens (primary N) is 1. The maximum Gasteiger partial charge on any atom is 0.324 e. The van der Waals surface area contributed by atoms with Crippen LogP contribution in [-0.4, -0.2) is 33.5 Å². The summed E-state index contributed by atoms with van der Waals surface area (Å²) in [5.74, 6) is -2.84. The van der Waals surface area contributed by atoms with E-state index >= 15 is 0 Å². The van der Waals surface area contributed by atoms with Crippen LogP contribution in [0, 0.1) is 5.41 Å². The molecule has 0 amide bonds. The van der Waals surface area contributed by atoms with E-state index in [9.17, 15) is 14.4 Å². The molecule has 0 radical (unpaired) electrons. The third kappa shape index (κ3) is 2.36. The quantitative estimate of drug-likeness (QED) is 0.648. The van der Waals surface area contributed by atoms with Gasteiger partial charge in [-0.3, -0.25) is 14.4 Å². The lowest BCUT2D eigenvalue weighted by atomic mass is 9.68. The first kappa shape index (κ1) is 13.4. The first-order chi connectivity index (χ1) is 7.61. The molecule has 6 nitrogen and oxygen atoms in total. The van der Waals surface area contributed by atoms with E-state index in [2.05, 4.69) is 0 Å². The van der Waals surface area contributed by atoms with Crippen LogP contribution in [-0.2, 0) is 14.4 Å². The second-order valence-corrected chi connectivity index (χ2v) is 4.76. The molecule has 1 unspecified atom stereocenters. The lowest BCUT2D eigenvalue weighted by Crippen LogP contribution is -2.55. The van der Waals surface area contributed by atoms with Crippen LogP contribution >= 0.6 is 0 Å². The predicted octanol–water partition coefficient (Wildman–Crippen LogP) is 0.169. The minimum absolute atomic E-state index is 0.138. The molecule has 0 fully saturated rings. The van der Waals surface area contributed by atoms with Gasteiger partial charge in [-0.15, -0.1) is 0 Å². The Morgan fingerprint density at radius 2 is 1.82 bits per heavy atom. The Labute approximate surface area is 98.1 Å². The molecule has 0 aromatic rings. The van der Waals surface area contributed by atoms with Gasteiger partial charge in [-0.25, -0.2) is 0 Å². The van der Waals surface area contributed by atoms with Crippen LogP contribution in [0.4, 0.5) is 0 Å². The van der Waals surface area contributed by atoms with Crippen molar-refractivity contribution >= 4 is 17.7 Å². The van der Waals surface area contributed by atoms with Crippen molar-refractivity contribution in [3.8, 4) is 0 Å². The smallest absolute Gasteiger partial charge is 0.324 e. The van der Waals surface area contributed by atoms with Gasteiger partial charge in [0.05, 0.1) is 5.41 Å². The normalized spacial score (nSPS) is 32.8. The molecule has 1 rings (SSSR count). The van der Waals surface area contributed by atoms with Gasteiger partial charge in [0.25, 0.3) is 0 Å². The van der Waals surface area contributed by atoms with E-state index in [1.165, 1.54) is 19.9 Å². The SMILES string of the molecule is CC(=O)C1=C[C@@](C)(C(=O)O)CC(N)(C(=O)O)C1. The van der Waals surface area contributed by atoms with E-state index in [-0.39, 0.29) is 24.2 Å². The van der Waals surface area contributed by atoms with Gasteiger partial charge in [0, 0.05) is 6.42 Å². The summed E-state index contributed by atoms with van der Waals surface area (Å²) in [6.07, 6.45) is 0.938. The lowest BCUT2D eigenvalue weighted by molar-refractivity contribution is -0.150. The summed E-state index contributed by atoms with van der Waals surface area (Å²) in [6.45, 7) is 2.63. The van der Waals surface area contributed by atoms with E-state index in [0.29, 0.717) is 0 Å². The van der Waals surface area contributed by atoms with Gasteiger partial charge >= 0.3 is 11.9 Å². The van der Waals surface area contributed by atoms with Crippen molar-refractivity contribution in [2.24, 2.45) is 11.1 Å². The minimum Gasteiger partial charge on any atom is -0.481 e. The average molecular weight is 241 g/mol. The Bertz CT molecular complexity index is 428. The number of hydrogen-bond donors (Lipinski definition) is 3. The number of ketones is 1. The van der Waals surface area contributed by atoms with Crippen LogP contribution in [0.2, 0.25) is 0 Å². The molecule has 6 heteroatoms. The Balaban J connectivity index is 3.29. The van der Waals surface area contributed by atoms with Gasteiger partial charge in [-0.2, -0.15) is 0 Å². The zero-order chi connectivity index (χ0) is 13.4. The number of hydrogen-bond acceptors (Lipinski definition) is 4. The molecule has 0 bridgehead atoms.